The molecule has 6 heteroatoms. The number of methoxy groups -OCH3 is 1. The van der Waals surface area contributed by atoms with E-state index in [1.165, 1.54) is 7.11 Å². The van der Waals surface area contributed by atoms with Gasteiger partial charge in [-0.25, -0.2) is 0 Å². The average molecular weight is 396 g/mol. The first-order valence-corrected chi connectivity index (χ1v) is 9.69. The Morgan fingerprint density at radius 2 is 1.90 bits per heavy atom. The molecule has 0 saturated heterocycles. The summed E-state index contributed by atoms with van der Waals surface area (Å²) in [6, 6.07) is 15.0. The van der Waals surface area contributed by atoms with E-state index in [4.69, 9.17) is 19.5 Å². The molecular formula is C23H28N2O4. The summed E-state index contributed by atoms with van der Waals surface area (Å²) in [4.78, 5) is 12.2. The first kappa shape index (κ1) is 22.3. The molecule has 0 unspecified atom stereocenters. The Morgan fingerprint density at radius 3 is 2.59 bits per heavy atom. The van der Waals surface area contributed by atoms with Crippen LogP contribution in [0.4, 0.5) is 0 Å². The molecule has 1 amide bonds. The second kappa shape index (κ2) is 11.7. The molecule has 2 aromatic rings. The summed E-state index contributed by atoms with van der Waals surface area (Å²) in [7, 11) is 1.53. The third kappa shape index (κ3) is 7.47. The van der Waals surface area contributed by atoms with Crippen molar-refractivity contribution in [1.29, 1.82) is 5.26 Å². The Bertz CT molecular complexity index is 843. The van der Waals surface area contributed by atoms with Gasteiger partial charge in [-0.15, -0.1) is 0 Å². The molecule has 29 heavy (non-hydrogen) atoms. The Balaban J connectivity index is 1.75. The van der Waals surface area contributed by atoms with Crippen LogP contribution in [-0.2, 0) is 22.7 Å². The van der Waals surface area contributed by atoms with Crippen molar-refractivity contribution < 1.29 is 19.0 Å². The van der Waals surface area contributed by atoms with E-state index in [1.54, 1.807) is 18.2 Å². The van der Waals surface area contributed by atoms with Crippen LogP contribution in [0.1, 0.15) is 43.4 Å². The lowest BCUT2D eigenvalue weighted by molar-refractivity contribution is -0.121. The maximum absolute atomic E-state index is 12.2. The number of nitriles is 1. The first-order valence-electron chi connectivity index (χ1n) is 9.69. The minimum Gasteiger partial charge on any atom is -0.493 e. The Labute approximate surface area is 172 Å². The summed E-state index contributed by atoms with van der Waals surface area (Å²) in [6.07, 6.45) is 1.10. The predicted octanol–water partition coefficient (Wildman–Crippen LogP) is 3.97. The van der Waals surface area contributed by atoms with Gasteiger partial charge in [0.2, 0.25) is 5.91 Å². The van der Waals surface area contributed by atoms with Crippen LogP contribution in [0.5, 0.6) is 11.5 Å². The van der Waals surface area contributed by atoms with Crippen molar-refractivity contribution in [3.05, 3.63) is 59.2 Å². The summed E-state index contributed by atoms with van der Waals surface area (Å²) in [6.45, 7) is 5.39. The van der Waals surface area contributed by atoms with E-state index in [2.05, 4.69) is 11.4 Å². The van der Waals surface area contributed by atoms with Crippen LogP contribution in [-0.4, -0.2) is 25.7 Å². The van der Waals surface area contributed by atoms with Gasteiger partial charge < -0.3 is 19.5 Å². The summed E-state index contributed by atoms with van der Waals surface area (Å²) in [5.74, 6) is 1.04. The lowest BCUT2D eigenvalue weighted by Crippen LogP contribution is -2.23. The number of hydrogen-bond donors (Lipinski definition) is 1. The van der Waals surface area contributed by atoms with Crippen molar-refractivity contribution in [1.82, 2.24) is 5.32 Å². The number of amides is 1. The Morgan fingerprint density at radius 1 is 1.14 bits per heavy atom. The number of rotatable bonds is 11. The van der Waals surface area contributed by atoms with Gasteiger partial charge in [0.1, 0.15) is 0 Å². The molecule has 0 bridgehead atoms. The zero-order chi connectivity index (χ0) is 21.1. The molecule has 0 aliphatic carbocycles. The van der Waals surface area contributed by atoms with Crippen molar-refractivity contribution in [3.63, 3.8) is 0 Å². The maximum Gasteiger partial charge on any atom is 0.220 e. The molecule has 154 valence electrons. The highest BCUT2D eigenvalue weighted by Crippen LogP contribution is 2.27. The van der Waals surface area contributed by atoms with Crippen LogP contribution < -0.4 is 14.8 Å². The van der Waals surface area contributed by atoms with Gasteiger partial charge in [-0.1, -0.05) is 24.3 Å². The second-order valence-corrected chi connectivity index (χ2v) is 6.83. The molecule has 0 aliphatic rings. The fraction of sp³-hybridized carbons (Fsp3) is 0.391. The van der Waals surface area contributed by atoms with Gasteiger partial charge in [0.05, 0.1) is 38.1 Å². The van der Waals surface area contributed by atoms with Gasteiger partial charge in [0.15, 0.2) is 11.5 Å². The summed E-state index contributed by atoms with van der Waals surface area (Å²) in [5, 5.41) is 11.9. The van der Waals surface area contributed by atoms with Gasteiger partial charge >= 0.3 is 0 Å². The third-order valence-corrected chi connectivity index (χ3v) is 4.27. The molecule has 2 rings (SSSR count). The highest BCUT2D eigenvalue weighted by atomic mass is 16.5. The SMILES string of the molecule is COc1cc(C#N)ccc1OCCCC(=O)NCc1ccccc1COC(C)C. The van der Waals surface area contributed by atoms with Crippen molar-refractivity contribution in [2.75, 3.05) is 13.7 Å². The molecule has 1 N–H and O–H groups in total. The molecule has 0 aliphatic heterocycles. The number of nitrogens with zero attached hydrogens (tertiary/aromatic N) is 1. The van der Waals surface area contributed by atoms with Gasteiger partial charge in [0.25, 0.3) is 0 Å². The maximum atomic E-state index is 12.2. The van der Waals surface area contributed by atoms with Gasteiger partial charge in [0, 0.05) is 19.0 Å². The summed E-state index contributed by atoms with van der Waals surface area (Å²) >= 11 is 0. The van der Waals surface area contributed by atoms with E-state index >= 15 is 0 Å². The van der Waals surface area contributed by atoms with Crippen molar-refractivity contribution >= 4 is 5.91 Å². The van der Waals surface area contributed by atoms with Gasteiger partial charge in [-0.3, -0.25) is 4.79 Å². The minimum absolute atomic E-state index is 0.0278. The molecule has 2 aromatic carbocycles. The van der Waals surface area contributed by atoms with Gasteiger partial charge in [-0.2, -0.15) is 5.26 Å². The fourth-order valence-electron chi connectivity index (χ4n) is 2.68. The Kier molecular flexibility index (Phi) is 9.00. The number of hydrogen-bond acceptors (Lipinski definition) is 5. The van der Waals surface area contributed by atoms with E-state index in [1.807, 2.05) is 38.1 Å². The van der Waals surface area contributed by atoms with Crippen LogP contribution in [0.2, 0.25) is 0 Å². The third-order valence-electron chi connectivity index (χ3n) is 4.27. The number of carbonyl (C=O) groups is 1. The van der Waals surface area contributed by atoms with Crippen molar-refractivity contribution in [2.45, 2.75) is 45.9 Å². The normalized spacial score (nSPS) is 10.4. The lowest BCUT2D eigenvalue weighted by Gasteiger charge is -2.13. The van der Waals surface area contributed by atoms with E-state index in [-0.39, 0.29) is 12.0 Å². The second-order valence-electron chi connectivity index (χ2n) is 6.83. The predicted molar refractivity (Wildman–Crippen MR) is 111 cm³/mol. The summed E-state index contributed by atoms with van der Waals surface area (Å²) in [5.41, 5.74) is 2.64. The highest BCUT2D eigenvalue weighted by Gasteiger charge is 2.08. The number of benzene rings is 2. The number of carbonyl (C=O) groups excluding carboxylic acids is 1. The molecule has 0 atom stereocenters. The monoisotopic (exact) mass is 396 g/mol. The zero-order valence-electron chi connectivity index (χ0n) is 17.2. The molecule has 6 nitrogen and oxygen atoms in total. The van der Waals surface area contributed by atoms with Crippen molar-refractivity contribution in [2.24, 2.45) is 0 Å². The summed E-state index contributed by atoms with van der Waals surface area (Å²) < 4.78 is 16.6. The minimum atomic E-state index is -0.0278. The van der Waals surface area contributed by atoms with Crippen LogP contribution in [0.15, 0.2) is 42.5 Å². The molecule has 0 aromatic heterocycles. The smallest absolute Gasteiger partial charge is 0.220 e. The van der Waals surface area contributed by atoms with E-state index < -0.39 is 0 Å². The zero-order valence-corrected chi connectivity index (χ0v) is 17.2. The number of ether oxygens (including phenoxy) is 3. The molecule has 0 radical (unpaired) electrons. The standard InChI is InChI=1S/C23H28N2O4/c1-17(2)29-16-20-8-5-4-7-19(20)15-25-23(26)9-6-12-28-21-11-10-18(14-24)13-22(21)27-3/h4-5,7-8,10-11,13,17H,6,9,12,15-16H2,1-3H3,(H,25,26). The molecular weight excluding hydrogens is 368 g/mol. The Hall–Kier alpha value is -3.04. The van der Waals surface area contributed by atoms with Crippen LogP contribution in [0, 0.1) is 11.3 Å². The van der Waals surface area contributed by atoms with Gasteiger partial charge in [-0.05, 0) is 43.5 Å². The number of nitrogens with one attached hydrogen (secondary N) is 1. The molecule has 0 heterocycles. The van der Waals surface area contributed by atoms with E-state index in [9.17, 15) is 4.79 Å². The van der Waals surface area contributed by atoms with E-state index in [0.29, 0.717) is 49.7 Å². The van der Waals surface area contributed by atoms with E-state index in [0.717, 1.165) is 11.1 Å². The largest absolute Gasteiger partial charge is 0.493 e. The van der Waals surface area contributed by atoms with Crippen LogP contribution >= 0.6 is 0 Å². The lowest BCUT2D eigenvalue weighted by atomic mass is 10.1. The van der Waals surface area contributed by atoms with Crippen LogP contribution in [0.3, 0.4) is 0 Å². The quantitative estimate of drug-likeness (QED) is 0.581. The fourth-order valence-corrected chi connectivity index (χ4v) is 2.68. The highest BCUT2D eigenvalue weighted by molar-refractivity contribution is 5.75. The molecule has 0 fully saturated rings. The average Bonchev–Trinajstić information content (AvgIpc) is 2.74. The molecule has 0 spiro atoms. The first-order chi connectivity index (χ1) is 14.0. The van der Waals surface area contributed by atoms with Crippen molar-refractivity contribution in [3.8, 4) is 17.6 Å². The topological polar surface area (TPSA) is 80.6 Å². The molecule has 0 saturated carbocycles. The van der Waals surface area contributed by atoms with Crippen LogP contribution in [0.25, 0.3) is 0 Å².